The molecule has 2 aliphatic heterocycles. The molecule has 3 N–H and O–H groups in total. The van der Waals surface area contributed by atoms with E-state index in [1.54, 1.807) is 0 Å². The zero-order chi connectivity index (χ0) is 17.2. The first-order chi connectivity index (χ1) is 11.5. The SMILES string of the molecule is NCC1=C(N2CCN(c3ccccc3)CC2)NC(C(F)(F)F)C=C1. The zero-order valence-corrected chi connectivity index (χ0v) is 13.3. The quantitative estimate of drug-likeness (QED) is 0.886. The maximum Gasteiger partial charge on any atom is 0.412 e. The molecule has 4 nitrogen and oxygen atoms in total. The highest BCUT2D eigenvalue weighted by atomic mass is 19.4. The third-order valence-corrected chi connectivity index (χ3v) is 4.38. The second-order valence-corrected chi connectivity index (χ2v) is 5.91. The minimum Gasteiger partial charge on any atom is -0.368 e. The fourth-order valence-electron chi connectivity index (χ4n) is 3.06. The van der Waals surface area contributed by atoms with E-state index in [2.05, 4.69) is 10.2 Å². The van der Waals surface area contributed by atoms with Gasteiger partial charge in [-0.25, -0.2) is 0 Å². The van der Waals surface area contributed by atoms with Crippen LogP contribution in [0, 0.1) is 0 Å². The zero-order valence-electron chi connectivity index (χ0n) is 13.3. The number of alkyl halides is 3. The minimum absolute atomic E-state index is 0.211. The Hall–Kier alpha value is -2.15. The Bertz CT molecular complexity index is 616. The van der Waals surface area contributed by atoms with Crippen LogP contribution in [0.5, 0.6) is 0 Å². The van der Waals surface area contributed by atoms with Crippen LogP contribution in [0.15, 0.2) is 53.9 Å². The fourth-order valence-corrected chi connectivity index (χ4v) is 3.06. The molecular formula is C17H21F3N4. The lowest BCUT2D eigenvalue weighted by Gasteiger charge is -2.41. The molecule has 130 valence electrons. The number of hydrogen-bond acceptors (Lipinski definition) is 4. The topological polar surface area (TPSA) is 44.5 Å². The minimum atomic E-state index is -4.31. The molecule has 1 fully saturated rings. The van der Waals surface area contributed by atoms with E-state index in [-0.39, 0.29) is 6.54 Å². The van der Waals surface area contributed by atoms with E-state index >= 15 is 0 Å². The van der Waals surface area contributed by atoms with Crippen molar-refractivity contribution < 1.29 is 13.2 Å². The van der Waals surface area contributed by atoms with Crippen molar-refractivity contribution in [3.8, 4) is 0 Å². The van der Waals surface area contributed by atoms with Crippen molar-refractivity contribution in [3.63, 3.8) is 0 Å². The first kappa shape index (κ1) is 16.7. The van der Waals surface area contributed by atoms with Gasteiger partial charge in [-0.15, -0.1) is 0 Å². The Kier molecular flexibility index (Phi) is 4.71. The van der Waals surface area contributed by atoms with Gasteiger partial charge in [0, 0.05) is 44.0 Å². The highest BCUT2D eigenvalue weighted by Crippen LogP contribution is 2.27. The number of dihydropyridines is 1. The third kappa shape index (κ3) is 3.51. The molecule has 0 amide bonds. The number of benzene rings is 1. The van der Waals surface area contributed by atoms with Crippen LogP contribution in [0.25, 0.3) is 0 Å². The highest BCUT2D eigenvalue weighted by molar-refractivity contribution is 5.46. The van der Waals surface area contributed by atoms with Crippen LogP contribution in [-0.2, 0) is 0 Å². The Morgan fingerprint density at radius 3 is 2.25 bits per heavy atom. The Labute approximate surface area is 139 Å². The predicted molar refractivity (Wildman–Crippen MR) is 88.4 cm³/mol. The normalized spacial score (nSPS) is 21.9. The number of piperazine rings is 1. The second kappa shape index (κ2) is 6.76. The highest BCUT2D eigenvalue weighted by Gasteiger charge is 2.40. The summed E-state index contributed by atoms with van der Waals surface area (Å²) >= 11 is 0. The van der Waals surface area contributed by atoms with E-state index in [1.165, 1.54) is 6.08 Å². The lowest BCUT2D eigenvalue weighted by atomic mass is 10.1. The van der Waals surface area contributed by atoms with Crippen LogP contribution < -0.4 is 16.0 Å². The van der Waals surface area contributed by atoms with Gasteiger partial charge < -0.3 is 20.9 Å². The van der Waals surface area contributed by atoms with Crippen molar-refractivity contribution in [1.82, 2.24) is 10.2 Å². The molecule has 2 heterocycles. The maximum absolute atomic E-state index is 13.0. The molecule has 3 rings (SSSR count). The van der Waals surface area contributed by atoms with Crippen LogP contribution in [0.4, 0.5) is 18.9 Å². The molecule has 1 unspecified atom stereocenters. The van der Waals surface area contributed by atoms with E-state index in [4.69, 9.17) is 5.73 Å². The van der Waals surface area contributed by atoms with E-state index in [0.29, 0.717) is 24.5 Å². The predicted octanol–water partition coefficient (Wildman–Crippen LogP) is 2.07. The van der Waals surface area contributed by atoms with Gasteiger partial charge in [0.1, 0.15) is 11.9 Å². The van der Waals surface area contributed by atoms with Gasteiger partial charge in [0.2, 0.25) is 0 Å². The van der Waals surface area contributed by atoms with Gasteiger partial charge in [0.05, 0.1) is 0 Å². The molecule has 0 aliphatic carbocycles. The lowest BCUT2D eigenvalue weighted by molar-refractivity contribution is -0.144. The van der Waals surface area contributed by atoms with Gasteiger partial charge in [0.25, 0.3) is 0 Å². The van der Waals surface area contributed by atoms with Gasteiger partial charge in [-0.3, -0.25) is 0 Å². The van der Waals surface area contributed by atoms with Crippen LogP contribution in [0.1, 0.15) is 0 Å². The summed E-state index contributed by atoms with van der Waals surface area (Å²) in [6, 6.07) is 8.36. The van der Waals surface area contributed by atoms with E-state index < -0.39 is 12.2 Å². The van der Waals surface area contributed by atoms with Crippen molar-refractivity contribution in [3.05, 3.63) is 53.9 Å². The summed E-state index contributed by atoms with van der Waals surface area (Å²) in [5, 5.41) is 2.61. The molecule has 0 saturated carbocycles. The summed E-state index contributed by atoms with van der Waals surface area (Å²) in [6.45, 7) is 3.03. The van der Waals surface area contributed by atoms with E-state index in [1.807, 2.05) is 35.2 Å². The van der Waals surface area contributed by atoms with Gasteiger partial charge in [-0.2, -0.15) is 13.2 Å². The van der Waals surface area contributed by atoms with Crippen LogP contribution in [0.2, 0.25) is 0 Å². The van der Waals surface area contributed by atoms with Crippen molar-refractivity contribution >= 4 is 5.69 Å². The fraction of sp³-hybridized carbons (Fsp3) is 0.412. The lowest BCUT2D eigenvalue weighted by Crippen LogP contribution is -2.52. The molecule has 24 heavy (non-hydrogen) atoms. The average Bonchev–Trinajstić information content (AvgIpc) is 2.61. The average molecular weight is 338 g/mol. The summed E-state index contributed by atoms with van der Waals surface area (Å²) in [4.78, 5) is 4.20. The van der Waals surface area contributed by atoms with Crippen molar-refractivity contribution in [2.45, 2.75) is 12.2 Å². The van der Waals surface area contributed by atoms with Crippen LogP contribution >= 0.6 is 0 Å². The van der Waals surface area contributed by atoms with Gasteiger partial charge >= 0.3 is 6.18 Å². The molecule has 7 heteroatoms. The number of hydrogen-bond donors (Lipinski definition) is 2. The molecule has 0 aromatic heterocycles. The van der Waals surface area contributed by atoms with E-state index in [0.717, 1.165) is 24.9 Å². The van der Waals surface area contributed by atoms with E-state index in [9.17, 15) is 13.2 Å². The maximum atomic E-state index is 13.0. The molecule has 1 aromatic carbocycles. The summed E-state index contributed by atoms with van der Waals surface area (Å²) in [6.07, 6.45) is -1.69. The number of nitrogens with one attached hydrogen (secondary N) is 1. The number of anilines is 1. The summed E-state index contributed by atoms with van der Waals surface area (Å²) in [5.74, 6) is 0.509. The van der Waals surface area contributed by atoms with Gasteiger partial charge in [0.15, 0.2) is 0 Å². The molecule has 1 atom stereocenters. The van der Waals surface area contributed by atoms with Gasteiger partial charge in [-0.05, 0) is 12.1 Å². The Morgan fingerprint density at radius 1 is 1.04 bits per heavy atom. The number of para-hydroxylation sites is 1. The van der Waals surface area contributed by atoms with Crippen molar-refractivity contribution in [1.29, 1.82) is 0 Å². The molecule has 0 radical (unpaired) electrons. The number of nitrogens with zero attached hydrogens (tertiary/aromatic N) is 2. The third-order valence-electron chi connectivity index (χ3n) is 4.38. The standard InChI is InChI=1S/C17H21F3N4/c18-17(19,20)15-7-6-13(12-21)16(22-15)24-10-8-23(9-11-24)14-4-2-1-3-5-14/h1-7,15,22H,8-12,21H2. The summed E-state index contributed by atoms with van der Waals surface area (Å²) in [7, 11) is 0. The first-order valence-electron chi connectivity index (χ1n) is 7.98. The smallest absolute Gasteiger partial charge is 0.368 e. The largest absolute Gasteiger partial charge is 0.412 e. The second-order valence-electron chi connectivity index (χ2n) is 5.91. The molecule has 0 bridgehead atoms. The van der Waals surface area contributed by atoms with Crippen molar-refractivity contribution in [2.24, 2.45) is 5.73 Å². The van der Waals surface area contributed by atoms with Crippen LogP contribution in [0.3, 0.4) is 0 Å². The molecule has 2 aliphatic rings. The molecule has 1 aromatic rings. The Morgan fingerprint density at radius 2 is 1.67 bits per heavy atom. The first-order valence-corrected chi connectivity index (χ1v) is 7.98. The number of nitrogens with two attached hydrogens (primary N) is 1. The molecule has 0 spiro atoms. The monoisotopic (exact) mass is 338 g/mol. The number of rotatable bonds is 3. The Balaban J connectivity index is 1.70. The summed E-state index contributed by atoms with van der Waals surface area (Å²) < 4.78 is 39.0. The summed E-state index contributed by atoms with van der Waals surface area (Å²) in [5.41, 5.74) is 7.55. The number of halogens is 3. The van der Waals surface area contributed by atoms with Gasteiger partial charge in [-0.1, -0.05) is 30.4 Å². The van der Waals surface area contributed by atoms with Crippen LogP contribution in [-0.4, -0.2) is 49.8 Å². The molecule has 1 saturated heterocycles. The molecular weight excluding hydrogens is 317 g/mol. The van der Waals surface area contributed by atoms with Crippen molar-refractivity contribution in [2.75, 3.05) is 37.6 Å².